The minimum atomic E-state index is -1.14. The molecule has 7 nitrogen and oxygen atoms in total. The molecule has 0 aromatic carbocycles. The summed E-state index contributed by atoms with van der Waals surface area (Å²) in [4.78, 5) is 34.5. The van der Waals surface area contributed by atoms with E-state index in [1.165, 1.54) is 0 Å². The highest BCUT2D eigenvalue weighted by molar-refractivity contribution is 5.88. The van der Waals surface area contributed by atoms with Crippen LogP contribution in [-0.4, -0.2) is 42.0 Å². The standard InChI is InChI=1S/C14H25N3O4/c1-2-6-14(7-3-8-16-9-14)13(21)17-10(12(19)20)4-5-11(15)18/h10,16H,2-9H2,1H3,(H2,15,18)(H,17,21)(H,19,20). The number of carbonyl (C=O) groups is 3. The minimum Gasteiger partial charge on any atom is -0.480 e. The third kappa shape index (κ3) is 5.00. The van der Waals surface area contributed by atoms with E-state index in [4.69, 9.17) is 10.8 Å². The Labute approximate surface area is 124 Å². The molecule has 0 saturated carbocycles. The lowest BCUT2D eigenvalue weighted by Gasteiger charge is -2.37. The summed E-state index contributed by atoms with van der Waals surface area (Å²) in [5.41, 5.74) is 4.49. The topological polar surface area (TPSA) is 122 Å². The quantitative estimate of drug-likeness (QED) is 0.502. The van der Waals surface area contributed by atoms with Crippen molar-refractivity contribution >= 4 is 17.8 Å². The Bertz CT molecular complexity index is 386. The molecular formula is C14H25N3O4. The lowest BCUT2D eigenvalue weighted by molar-refractivity contribution is -0.144. The molecule has 21 heavy (non-hydrogen) atoms. The van der Waals surface area contributed by atoms with Crippen molar-refractivity contribution in [1.82, 2.24) is 10.6 Å². The molecule has 0 spiro atoms. The van der Waals surface area contributed by atoms with E-state index in [0.717, 1.165) is 25.8 Å². The molecule has 0 bridgehead atoms. The van der Waals surface area contributed by atoms with Crippen LogP contribution in [0.25, 0.3) is 0 Å². The van der Waals surface area contributed by atoms with Gasteiger partial charge in [-0.25, -0.2) is 4.79 Å². The smallest absolute Gasteiger partial charge is 0.326 e. The summed E-state index contributed by atoms with van der Waals surface area (Å²) in [6.07, 6.45) is 3.18. The fourth-order valence-electron chi connectivity index (χ4n) is 2.82. The summed E-state index contributed by atoms with van der Waals surface area (Å²) in [5, 5.41) is 15.0. The molecule has 0 aromatic rings. The molecule has 1 fully saturated rings. The zero-order valence-electron chi connectivity index (χ0n) is 12.5. The van der Waals surface area contributed by atoms with Crippen LogP contribution in [0.1, 0.15) is 45.4 Å². The molecule has 0 radical (unpaired) electrons. The van der Waals surface area contributed by atoms with Crippen LogP contribution < -0.4 is 16.4 Å². The average molecular weight is 299 g/mol. The van der Waals surface area contributed by atoms with Gasteiger partial charge in [0.25, 0.3) is 0 Å². The summed E-state index contributed by atoms with van der Waals surface area (Å²) in [6, 6.07) is -1.07. The number of amides is 2. The molecule has 0 aromatic heterocycles. The molecule has 2 amide bonds. The van der Waals surface area contributed by atoms with Crippen molar-refractivity contribution < 1.29 is 19.5 Å². The lowest BCUT2D eigenvalue weighted by Crippen LogP contribution is -2.54. The Morgan fingerprint density at radius 2 is 2.14 bits per heavy atom. The van der Waals surface area contributed by atoms with Crippen LogP contribution in [-0.2, 0) is 14.4 Å². The van der Waals surface area contributed by atoms with Crippen molar-refractivity contribution in [1.29, 1.82) is 0 Å². The Hall–Kier alpha value is -1.63. The van der Waals surface area contributed by atoms with Crippen molar-refractivity contribution in [2.75, 3.05) is 13.1 Å². The number of aliphatic carboxylic acids is 1. The first-order valence-corrected chi connectivity index (χ1v) is 7.44. The molecular weight excluding hydrogens is 274 g/mol. The number of rotatable bonds is 8. The van der Waals surface area contributed by atoms with E-state index >= 15 is 0 Å². The number of nitrogens with two attached hydrogens (primary N) is 1. The highest BCUT2D eigenvalue weighted by Gasteiger charge is 2.40. The van der Waals surface area contributed by atoms with Gasteiger partial charge in [-0.2, -0.15) is 0 Å². The monoisotopic (exact) mass is 299 g/mol. The number of piperidine rings is 1. The number of nitrogens with one attached hydrogen (secondary N) is 2. The summed E-state index contributed by atoms with van der Waals surface area (Å²) < 4.78 is 0. The Balaban J connectivity index is 2.72. The van der Waals surface area contributed by atoms with Crippen LogP contribution >= 0.6 is 0 Å². The molecule has 5 N–H and O–H groups in total. The zero-order chi connectivity index (χ0) is 15.9. The second-order valence-electron chi connectivity index (χ2n) is 5.68. The number of carboxylic acids is 1. The molecule has 1 aliphatic rings. The van der Waals surface area contributed by atoms with Crippen molar-refractivity contribution in [3.8, 4) is 0 Å². The van der Waals surface area contributed by atoms with E-state index in [1.807, 2.05) is 6.92 Å². The van der Waals surface area contributed by atoms with Gasteiger partial charge in [-0.05, 0) is 32.2 Å². The van der Waals surface area contributed by atoms with E-state index in [0.29, 0.717) is 13.0 Å². The van der Waals surface area contributed by atoms with Gasteiger partial charge in [0.2, 0.25) is 11.8 Å². The summed E-state index contributed by atoms with van der Waals surface area (Å²) in [5.74, 6) is -1.95. The van der Waals surface area contributed by atoms with Crippen LogP contribution in [0.2, 0.25) is 0 Å². The first kappa shape index (κ1) is 17.4. The third-order valence-electron chi connectivity index (χ3n) is 3.97. The molecule has 120 valence electrons. The van der Waals surface area contributed by atoms with Crippen molar-refractivity contribution in [2.45, 2.75) is 51.5 Å². The van der Waals surface area contributed by atoms with Gasteiger partial charge in [0.15, 0.2) is 0 Å². The Kier molecular flexibility index (Phi) is 6.61. The van der Waals surface area contributed by atoms with Gasteiger partial charge in [0.05, 0.1) is 5.41 Å². The van der Waals surface area contributed by atoms with Crippen molar-refractivity contribution in [3.05, 3.63) is 0 Å². The van der Waals surface area contributed by atoms with Crippen LogP contribution in [0.5, 0.6) is 0 Å². The second-order valence-corrected chi connectivity index (χ2v) is 5.68. The van der Waals surface area contributed by atoms with Gasteiger partial charge >= 0.3 is 5.97 Å². The zero-order valence-corrected chi connectivity index (χ0v) is 12.5. The SMILES string of the molecule is CCCC1(C(=O)NC(CCC(N)=O)C(=O)O)CCCNC1. The van der Waals surface area contributed by atoms with Gasteiger partial charge in [-0.15, -0.1) is 0 Å². The van der Waals surface area contributed by atoms with Crippen LogP contribution in [0.4, 0.5) is 0 Å². The van der Waals surface area contributed by atoms with E-state index in [-0.39, 0.29) is 18.7 Å². The normalized spacial score (nSPS) is 23.3. The van der Waals surface area contributed by atoms with Gasteiger partial charge in [-0.1, -0.05) is 13.3 Å². The summed E-state index contributed by atoms with van der Waals surface area (Å²) in [7, 11) is 0. The number of hydrogen-bond acceptors (Lipinski definition) is 4. The molecule has 1 saturated heterocycles. The molecule has 1 rings (SSSR count). The van der Waals surface area contributed by atoms with Gasteiger partial charge in [-0.3, -0.25) is 9.59 Å². The fraction of sp³-hybridized carbons (Fsp3) is 0.786. The molecule has 7 heteroatoms. The molecule has 2 atom stereocenters. The van der Waals surface area contributed by atoms with E-state index < -0.39 is 23.3 Å². The van der Waals surface area contributed by atoms with Crippen LogP contribution in [0.3, 0.4) is 0 Å². The fourth-order valence-corrected chi connectivity index (χ4v) is 2.82. The maximum Gasteiger partial charge on any atom is 0.326 e. The van der Waals surface area contributed by atoms with E-state index in [1.54, 1.807) is 0 Å². The number of carbonyl (C=O) groups excluding carboxylic acids is 2. The highest BCUT2D eigenvalue weighted by atomic mass is 16.4. The minimum absolute atomic E-state index is 0.0199. The van der Waals surface area contributed by atoms with Gasteiger partial charge in [0.1, 0.15) is 6.04 Å². The lowest BCUT2D eigenvalue weighted by atomic mass is 9.76. The maximum atomic E-state index is 12.5. The maximum absolute atomic E-state index is 12.5. The Morgan fingerprint density at radius 3 is 2.62 bits per heavy atom. The van der Waals surface area contributed by atoms with E-state index in [9.17, 15) is 14.4 Å². The first-order chi connectivity index (χ1) is 9.91. The number of carboxylic acid groups (broad SMARTS) is 1. The molecule has 1 aliphatic heterocycles. The summed E-state index contributed by atoms with van der Waals surface area (Å²) >= 11 is 0. The highest BCUT2D eigenvalue weighted by Crippen LogP contribution is 2.32. The van der Waals surface area contributed by atoms with Gasteiger partial charge in [0, 0.05) is 13.0 Å². The summed E-state index contributed by atoms with van der Waals surface area (Å²) in [6.45, 7) is 3.45. The van der Waals surface area contributed by atoms with Crippen molar-refractivity contribution in [2.24, 2.45) is 11.1 Å². The average Bonchev–Trinajstić information content (AvgIpc) is 2.43. The molecule has 2 unspecified atom stereocenters. The Morgan fingerprint density at radius 1 is 1.43 bits per heavy atom. The molecule has 0 aliphatic carbocycles. The number of primary amides is 1. The predicted molar refractivity (Wildman–Crippen MR) is 77.4 cm³/mol. The van der Waals surface area contributed by atoms with Crippen LogP contribution in [0, 0.1) is 5.41 Å². The number of hydrogen-bond donors (Lipinski definition) is 4. The van der Waals surface area contributed by atoms with E-state index in [2.05, 4.69) is 10.6 Å². The van der Waals surface area contributed by atoms with Gasteiger partial charge < -0.3 is 21.5 Å². The largest absolute Gasteiger partial charge is 0.480 e. The van der Waals surface area contributed by atoms with Crippen molar-refractivity contribution in [3.63, 3.8) is 0 Å². The third-order valence-corrected chi connectivity index (χ3v) is 3.97. The van der Waals surface area contributed by atoms with Crippen LogP contribution in [0.15, 0.2) is 0 Å². The second kappa shape index (κ2) is 7.97. The first-order valence-electron chi connectivity index (χ1n) is 7.44. The molecule has 1 heterocycles. The predicted octanol–water partition coefficient (Wildman–Crippen LogP) is -0.00880.